The topological polar surface area (TPSA) is 186 Å². The van der Waals surface area contributed by atoms with Crippen LogP contribution in [0.4, 0.5) is 13.2 Å². The molecular weight excluding hydrogens is 1640 g/mol. The Kier molecular flexibility index (Phi) is 40.5. The molecule has 5 aliphatic heterocycles. The number of carbonyl (C=O) groups excluding carboxylic acids is 5. The number of hydrogen-bond donors (Lipinski definition) is 0. The third-order valence-electron chi connectivity index (χ3n) is 26.5. The average Bonchev–Trinajstić information content (AvgIpc) is 0.786. The van der Waals surface area contributed by atoms with E-state index in [0.29, 0.717) is 30.5 Å². The second-order valence-corrected chi connectivity index (χ2v) is 43.5. The fourth-order valence-corrected chi connectivity index (χ4v) is 21.5. The molecule has 0 aromatic rings. The SMILES string of the molecule is CC1=C(/C=C/C(=O)N2CCN(S(=O)(=O)C(F)(F)F)CC2)C(C)(C)CCC1.CCC(=S)N1CCN(C(=O)/C=C/C2=C(C)CCCC2(C)C)CC1.CCCC(=S)N1CCN(C(=O)/C=C/C2=C(C)CCCC2(C)C)CC1.CCCCC(=S)N1CCN(C(=O)/C=C/C2=C(C)CCCC2(C)C)CC1.CCS(=O)(=O)N1CCN(C(=O)/C=C/C2=C(C)CCCC2(C)C)CC1. The van der Waals surface area contributed by atoms with Crippen LogP contribution in [0.1, 0.15) is 266 Å². The number of carbonyl (C=O) groups is 5. The van der Waals surface area contributed by atoms with Gasteiger partial charge in [-0.05, 0) is 225 Å². The molecule has 19 nitrogen and oxygen atoms in total. The maximum atomic E-state index is 12.6. The molecule has 0 unspecified atom stereocenters. The number of unbranched alkanes of at least 4 members (excludes halogenated alkanes) is 1. The van der Waals surface area contributed by atoms with E-state index in [1.54, 1.807) is 42.2 Å². The van der Waals surface area contributed by atoms with Crippen molar-refractivity contribution in [3.05, 3.63) is 116 Å². The van der Waals surface area contributed by atoms with E-state index in [1.165, 1.54) is 117 Å². The normalized spacial score (nSPS) is 22.1. The summed E-state index contributed by atoms with van der Waals surface area (Å²) in [5.41, 5.74) is 8.71. The zero-order chi connectivity index (χ0) is 90.9. The molecule has 0 radical (unpaired) electrons. The smallest absolute Gasteiger partial charge is 0.363 e. The number of thiocarbonyl (C=S) groups is 3. The third-order valence-corrected chi connectivity index (χ3v) is 31.5. The summed E-state index contributed by atoms with van der Waals surface area (Å²) in [5, 5.41) is 0. The van der Waals surface area contributed by atoms with E-state index in [9.17, 15) is 54.0 Å². The Morgan fingerprint density at radius 3 is 0.770 bits per heavy atom. The van der Waals surface area contributed by atoms with Gasteiger partial charge in [-0.1, -0.05) is 191 Å². The van der Waals surface area contributed by atoms with Crippen molar-refractivity contribution >= 4 is 101 Å². The molecule has 0 aromatic heterocycles. The van der Waals surface area contributed by atoms with Crippen LogP contribution in [0.2, 0.25) is 0 Å². The minimum Gasteiger partial charge on any atom is -0.363 e. The Labute approximate surface area is 750 Å². The maximum absolute atomic E-state index is 12.6. The minimum atomic E-state index is -5.33. The highest BCUT2D eigenvalue weighted by molar-refractivity contribution is 7.90. The van der Waals surface area contributed by atoms with Crippen LogP contribution < -0.4 is 0 Å². The first-order valence-electron chi connectivity index (χ1n) is 45.3. The first kappa shape index (κ1) is 105. The van der Waals surface area contributed by atoms with Gasteiger partial charge in [0.2, 0.25) is 39.6 Å². The monoisotopic (exact) mass is 1790 g/mol. The van der Waals surface area contributed by atoms with Crippen molar-refractivity contribution in [3.8, 4) is 0 Å². The molecule has 10 rings (SSSR count). The number of amides is 5. The predicted octanol–water partition coefficient (Wildman–Crippen LogP) is 18.6. The lowest BCUT2D eigenvalue weighted by molar-refractivity contribution is -0.128. The van der Waals surface area contributed by atoms with Crippen molar-refractivity contribution < 1.29 is 54.0 Å². The van der Waals surface area contributed by atoms with Crippen LogP contribution in [0.5, 0.6) is 0 Å². The first-order chi connectivity index (χ1) is 57.1. The highest BCUT2D eigenvalue weighted by Crippen LogP contribution is 2.45. The summed E-state index contributed by atoms with van der Waals surface area (Å²) in [4.78, 5) is 81.2. The average molecular weight is 1790 g/mol. The quantitative estimate of drug-likeness (QED) is 0.0877. The highest BCUT2D eigenvalue weighted by atomic mass is 32.2. The zero-order valence-electron chi connectivity index (χ0n) is 77.8. The van der Waals surface area contributed by atoms with Crippen LogP contribution in [0.25, 0.3) is 0 Å². The van der Waals surface area contributed by atoms with Crippen molar-refractivity contribution in [1.82, 2.24) is 47.8 Å². The fourth-order valence-electron chi connectivity index (χ4n) is 18.6. The van der Waals surface area contributed by atoms with E-state index >= 15 is 0 Å². The van der Waals surface area contributed by atoms with Gasteiger partial charge in [-0.3, -0.25) is 24.0 Å². The second kappa shape index (κ2) is 47.2. The van der Waals surface area contributed by atoms with Gasteiger partial charge < -0.3 is 39.2 Å². The Morgan fingerprint density at radius 1 is 0.336 bits per heavy atom. The van der Waals surface area contributed by atoms with Crippen molar-refractivity contribution in [3.63, 3.8) is 0 Å². The van der Waals surface area contributed by atoms with Crippen LogP contribution in [-0.2, 0) is 44.0 Å². The molecule has 5 saturated heterocycles. The van der Waals surface area contributed by atoms with Gasteiger partial charge in [0.1, 0.15) is 0 Å². The molecule has 0 atom stereocenters. The summed E-state index contributed by atoms with van der Waals surface area (Å²) in [6, 6.07) is 0. The summed E-state index contributed by atoms with van der Waals surface area (Å²) >= 11 is 16.3. The van der Waals surface area contributed by atoms with Gasteiger partial charge in [0.05, 0.1) is 20.7 Å². The fraction of sp³-hybridized carbons (Fsp3) is 0.705. The van der Waals surface area contributed by atoms with Crippen LogP contribution in [0.3, 0.4) is 0 Å². The van der Waals surface area contributed by atoms with E-state index in [4.69, 9.17) is 36.7 Å². The molecule has 5 fully saturated rings. The molecule has 0 spiro atoms. The van der Waals surface area contributed by atoms with E-state index in [1.807, 2.05) is 27.7 Å². The van der Waals surface area contributed by atoms with Crippen molar-refractivity contribution in [1.29, 1.82) is 0 Å². The lowest BCUT2D eigenvalue weighted by atomic mass is 9.72. The molecule has 27 heteroatoms. The van der Waals surface area contributed by atoms with Crippen molar-refractivity contribution in [2.24, 2.45) is 27.1 Å². The summed E-state index contributed by atoms with van der Waals surface area (Å²) < 4.78 is 86.2. The van der Waals surface area contributed by atoms with E-state index in [-0.39, 0.29) is 88.5 Å². The van der Waals surface area contributed by atoms with E-state index in [0.717, 1.165) is 183 Å². The van der Waals surface area contributed by atoms with Gasteiger partial charge in [0.15, 0.2) is 0 Å². The number of nitrogens with zero attached hydrogens (tertiary/aromatic N) is 10. The van der Waals surface area contributed by atoms with E-state index < -0.39 is 25.6 Å². The minimum absolute atomic E-state index is 0.0153. The summed E-state index contributed by atoms with van der Waals surface area (Å²) in [5.74, 6) is 0.192. The lowest BCUT2D eigenvalue weighted by Crippen LogP contribution is -2.53. The predicted molar refractivity (Wildman–Crippen MR) is 505 cm³/mol. The molecule has 122 heavy (non-hydrogen) atoms. The molecule has 0 N–H and O–H groups in total. The lowest BCUT2D eigenvalue weighted by Gasteiger charge is -2.36. The zero-order valence-corrected chi connectivity index (χ0v) is 81.9. The van der Waals surface area contributed by atoms with Crippen LogP contribution in [-0.4, -0.2) is 251 Å². The van der Waals surface area contributed by atoms with Crippen LogP contribution in [0.15, 0.2) is 116 Å². The van der Waals surface area contributed by atoms with Gasteiger partial charge in [-0.25, -0.2) is 16.8 Å². The Morgan fingerprint density at radius 2 is 0.557 bits per heavy atom. The number of allylic oxidation sites excluding steroid dienone is 15. The molecule has 0 saturated carbocycles. The molecule has 686 valence electrons. The molecule has 10 aliphatic rings. The molecular formula is C95H151F3N10O9S5. The third kappa shape index (κ3) is 30.4. The van der Waals surface area contributed by atoms with Crippen molar-refractivity contribution in [2.75, 3.05) is 137 Å². The van der Waals surface area contributed by atoms with E-state index in [2.05, 4.69) is 151 Å². The molecule has 5 heterocycles. The summed E-state index contributed by atoms with van der Waals surface area (Å²) in [6.45, 7) is 52.0. The van der Waals surface area contributed by atoms with Gasteiger partial charge in [0.25, 0.3) is 0 Å². The highest BCUT2D eigenvalue weighted by Gasteiger charge is 2.51. The van der Waals surface area contributed by atoms with Gasteiger partial charge in [-0.15, -0.1) is 0 Å². The Balaban J connectivity index is 0.000000236. The van der Waals surface area contributed by atoms with Gasteiger partial charge >= 0.3 is 15.5 Å². The molecule has 5 amide bonds. The second-order valence-electron chi connectivity index (χ2n) is 37.9. The first-order valence-corrected chi connectivity index (χ1v) is 49.6. The summed E-state index contributed by atoms with van der Waals surface area (Å²) in [7, 11) is -8.48. The van der Waals surface area contributed by atoms with Crippen molar-refractivity contribution in [2.45, 2.75) is 272 Å². The number of piperazine rings is 5. The number of sulfonamides is 2. The van der Waals surface area contributed by atoms with Gasteiger partial charge in [0, 0.05) is 161 Å². The number of rotatable bonds is 19. The van der Waals surface area contributed by atoms with Crippen LogP contribution >= 0.6 is 36.7 Å². The number of halogens is 3. The Bertz CT molecular complexity index is 4220. The van der Waals surface area contributed by atoms with Crippen LogP contribution in [0, 0.1) is 27.1 Å². The number of hydrogen-bond acceptors (Lipinski definition) is 12. The maximum Gasteiger partial charge on any atom is 0.511 e. The summed E-state index contributed by atoms with van der Waals surface area (Å²) in [6.07, 6.45) is 42.2. The molecule has 0 aromatic carbocycles. The standard InChI is InChI=1S/C21H34N2OS.C20H32N2OS.C19H30N2OS.C18H30N2O3S.C17H25F3N2O3S/c1-5-6-9-20(25)23-15-13-22(14-16-23)19(24)11-10-18-17(2)8-7-12-21(18,3)4;1-5-7-19(24)22-14-12-21(13-15-22)18(23)10-9-17-16(2)8-6-11-20(17,3)4;1-5-18(23)21-13-11-20(12-14-21)17(22)9-8-16-15(2)7-6-10-19(16,3)4;1-5-24(22,23)20-13-11-19(12-14-20)17(21)9-8-16-15(2)7-6-10-18(16,3)4;1-13-5-4-8-16(2,3)14(13)6-7-15(23)21-9-11-22(12-10-21)26(24,25)17(18,19)20/h10-11H,5-9,12-16H2,1-4H3;9-10H,5-8,11-15H2,1-4H3;8-9H,5-7,10-14H2,1-4H3;8-9H,5-7,10-14H2,1-4H3;6-7H,4-5,8-12H2,1-3H3/b11-10+;10-9+;2*9-8+;7-6+. The largest absolute Gasteiger partial charge is 0.511 e. The molecule has 5 aliphatic carbocycles. The Hall–Kier alpha value is -5.97. The molecule has 0 bridgehead atoms. The number of alkyl halides is 3. The van der Waals surface area contributed by atoms with Gasteiger partial charge in [-0.2, -0.15) is 21.8 Å².